The first-order chi connectivity index (χ1) is 12.8. The van der Waals surface area contributed by atoms with Gasteiger partial charge in [0, 0.05) is 44.5 Å². The van der Waals surface area contributed by atoms with E-state index in [1.165, 1.54) is 12.1 Å². The molecule has 27 heavy (non-hydrogen) atoms. The summed E-state index contributed by atoms with van der Waals surface area (Å²) in [6.45, 7) is 4.09. The van der Waals surface area contributed by atoms with E-state index in [-0.39, 0.29) is 12.1 Å². The topological polar surface area (TPSA) is 48.5 Å². The van der Waals surface area contributed by atoms with E-state index in [2.05, 4.69) is 27.1 Å². The third-order valence-corrected chi connectivity index (χ3v) is 4.56. The Morgan fingerprint density at radius 2 is 1.74 bits per heavy atom. The van der Waals surface area contributed by atoms with E-state index in [1.807, 2.05) is 12.1 Å². The second-order valence-electron chi connectivity index (χ2n) is 6.57. The number of hydrogen-bond acceptors (Lipinski definition) is 4. The lowest BCUT2D eigenvalue weighted by Gasteiger charge is -2.33. The van der Waals surface area contributed by atoms with Crippen LogP contribution in [0.4, 0.5) is 19.0 Å². The van der Waals surface area contributed by atoms with Gasteiger partial charge in [0.2, 0.25) is 0 Å². The van der Waals surface area contributed by atoms with Crippen LogP contribution in [0.5, 0.6) is 0 Å². The quantitative estimate of drug-likeness (QED) is 0.889. The van der Waals surface area contributed by atoms with E-state index < -0.39 is 17.6 Å². The van der Waals surface area contributed by atoms with Crippen molar-refractivity contribution in [1.82, 2.24) is 15.2 Å². The summed E-state index contributed by atoms with van der Waals surface area (Å²) < 4.78 is 37.7. The Labute approximate surface area is 155 Å². The van der Waals surface area contributed by atoms with Gasteiger partial charge in [-0.3, -0.25) is 4.79 Å². The molecule has 1 aromatic carbocycles. The molecule has 1 aromatic heterocycles. The molecule has 2 heterocycles. The third kappa shape index (κ3) is 4.97. The van der Waals surface area contributed by atoms with Gasteiger partial charge in [-0.1, -0.05) is 6.07 Å². The molecule has 0 saturated carbocycles. The zero-order chi connectivity index (χ0) is 19.4. The van der Waals surface area contributed by atoms with Crippen LogP contribution in [-0.2, 0) is 12.7 Å². The number of pyridine rings is 1. The highest BCUT2D eigenvalue weighted by atomic mass is 19.4. The molecule has 1 aliphatic heterocycles. The number of alkyl halides is 3. The van der Waals surface area contributed by atoms with Crippen LogP contribution >= 0.6 is 0 Å². The van der Waals surface area contributed by atoms with Crippen LogP contribution in [0.1, 0.15) is 21.5 Å². The molecule has 1 amide bonds. The SMILES string of the molecule is CN1CCN(c2ccc(CNC(=O)c3ccc(C(F)(F)F)cc3)cn2)CC1. The van der Waals surface area contributed by atoms with Crippen molar-refractivity contribution in [1.29, 1.82) is 0 Å². The molecule has 0 unspecified atom stereocenters. The van der Waals surface area contributed by atoms with Crippen LogP contribution in [0.15, 0.2) is 42.6 Å². The van der Waals surface area contributed by atoms with Gasteiger partial charge in [-0.15, -0.1) is 0 Å². The Morgan fingerprint density at radius 1 is 1.07 bits per heavy atom. The lowest BCUT2D eigenvalue weighted by molar-refractivity contribution is -0.137. The number of carbonyl (C=O) groups is 1. The second-order valence-corrected chi connectivity index (χ2v) is 6.57. The highest BCUT2D eigenvalue weighted by molar-refractivity contribution is 5.94. The zero-order valence-electron chi connectivity index (χ0n) is 15.0. The summed E-state index contributed by atoms with van der Waals surface area (Å²) in [5.74, 6) is 0.479. The molecule has 0 bridgehead atoms. The Balaban J connectivity index is 1.54. The van der Waals surface area contributed by atoms with Crippen LogP contribution in [0, 0.1) is 0 Å². The van der Waals surface area contributed by atoms with Crippen molar-refractivity contribution in [3.63, 3.8) is 0 Å². The van der Waals surface area contributed by atoms with E-state index in [9.17, 15) is 18.0 Å². The van der Waals surface area contributed by atoms with Crippen molar-refractivity contribution in [3.05, 3.63) is 59.3 Å². The van der Waals surface area contributed by atoms with Gasteiger partial charge in [0.25, 0.3) is 5.91 Å². The van der Waals surface area contributed by atoms with Crippen LogP contribution in [0.3, 0.4) is 0 Å². The number of halogens is 3. The molecule has 1 N–H and O–H groups in total. The highest BCUT2D eigenvalue weighted by Crippen LogP contribution is 2.29. The fourth-order valence-corrected chi connectivity index (χ4v) is 2.84. The summed E-state index contributed by atoms with van der Waals surface area (Å²) in [5.41, 5.74) is 0.237. The summed E-state index contributed by atoms with van der Waals surface area (Å²) in [7, 11) is 2.09. The molecule has 0 atom stereocenters. The number of anilines is 1. The van der Waals surface area contributed by atoms with E-state index in [0.717, 1.165) is 49.7 Å². The zero-order valence-corrected chi connectivity index (χ0v) is 15.0. The number of aromatic nitrogens is 1. The standard InChI is InChI=1S/C19H21F3N4O/c1-25-8-10-26(11-9-25)17-7-2-14(12-23-17)13-24-18(27)15-3-5-16(6-4-15)19(20,21)22/h2-7,12H,8-11,13H2,1H3,(H,24,27). The summed E-state index contributed by atoms with van der Waals surface area (Å²) >= 11 is 0. The Kier molecular flexibility index (Phi) is 5.65. The molecule has 3 rings (SSSR count). The van der Waals surface area contributed by atoms with Gasteiger partial charge in [-0.05, 0) is 42.9 Å². The third-order valence-electron chi connectivity index (χ3n) is 4.56. The minimum Gasteiger partial charge on any atom is -0.354 e. The predicted molar refractivity (Wildman–Crippen MR) is 96.6 cm³/mol. The van der Waals surface area contributed by atoms with Crippen LogP contribution < -0.4 is 10.2 Å². The molecule has 2 aromatic rings. The lowest BCUT2D eigenvalue weighted by Crippen LogP contribution is -2.44. The van der Waals surface area contributed by atoms with E-state index in [1.54, 1.807) is 6.20 Å². The molecular formula is C19H21F3N4O. The smallest absolute Gasteiger partial charge is 0.354 e. The Morgan fingerprint density at radius 3 is 2.30 bits per heavy atom. The molecular weight excluding hydrogens is 357 g/mol. The molecule has 0 radical (unpaired) electrons. The van der Waals surface area contributed by atoms with Crippen LogP contribution in [0.25, 0.3) is 0 Å². The summed E-state index contributed by atoms with van der Waals surface area (Å²) in [6, 6.07) is 7.97. The van der Waals surface area contributed by atoms with Crippen LogP contribution in [0.2, 0.25) is 0 Å². The maximum absolute atomic E-state index is 12.6. The fraction of sp³-hybridized carbons (Fsp3) is 0.368. The number of nitrogens with one attached hydrogen (secondary N) is 1. The lowest BCUT2D eigenvalue weighted by atomic mass is 10.1. The number of carbonyl (C=O) groups excluding carboxylic acids is 1. The molecule has 1 aliphatic rings. The Bertz CT molecular complexity index is 767. The number of rotatable bonds is 4. The van der Waals surface area contributed by atoms with Gasteiger partial charge in [-0.2, -0.15) is 13.2 Å². The van der Waals surface area contributed by atoms with Crippen molar-refractivity contribution in [3.8, 4) is 0 Å². The maximum Gasteiger partial charge on any atom is 0.416 e. The number of piperazine rings is 1. The number of nitrogens with zero attached hydrogens (tertiary/aromatic N) is 3. The first-order valence-electron chi connectivity index (χ1n) is 8.67. The monoisotopic (exact) mass is 378 g/mol. The molecule has 1 saturated heterocycles. The summed E-state index contributed by atoms with van der Waals surface area (Å²) in [4.78, 5) is 21.0. The van der Waals surface area contributed by atoms with Crippen LogP contribution in [-0.4, -0.2) is 49.0 Å². The van der Waals surface area contributed by atoms with Crippen molar-refractivity contribution in [2.45, 2.75) is 12.7 Å². The maximum atomic E-state index is 12.6. The Hall–Kier alpha value is -2.61. The van der Waals surface area contributed by atoms with Crippen molar-refractivity contribution >= 4 is 11.7 Å². The second kappa shape index (κ2) is 7.96. The van der Waals surface area contributed by atoms with Gasteiger partial charge in [0.1, 0.15) is 5.82 Å². The van der Waals surface area contributed by atoms with Gasteiger partial charge in [-0.25, -0.2) is 4.98 Å². The predicted octanol–water partition coefficient (Wildman–Crippen LogP) is 2.78. The number of hydrogen-bond donors (Lipinski definition) is 1. The minimum absolute atomic E-state index is 0.185. The average molecular weight is 378 g/mol. The summed E-state index contributed by atoms with van der Waals surface area (Å²) in [5, 5.41) is 2.70. The molecule has 144 valence electrons. The normalized spacial score (nSPS) is 15.6. The number of likely N-dealkylation sites (N-methyl/N-ethyl adjacent to an activating group) is 1. The highest BCUT2D eigenvalue weighted by Gasteiger charge is 2.30. The average Bonchev–Trinajstić information content (AvgIpc) is 2.66. The van der Waals surface area contributed by atoms with Crippen molar-refractivity contribution in [2.75, 3.05) is 38.1 Å². The van der Waals surface area contributed by atoms with E-state index in [4.69, 9.17) is 0 Å². The number of amides is 1. The molecule has 5 nitrogen and oxygen atoms in total. The first-order valence-corrected chi connectivity index (χ1v) is 8.67. The number of benzene rings is 1. The van der Waals surface area contributed by atoms with Crippen molar-refractivity contribution in [2.24, 2.45) is 0 Å². The van der Waals surface area contributed by atoms with E-state index in [0.29, 0.717) is 0 Å². The molecule has 0 spiro atoms. The molecule has 1 fully saturated rings. The largest absolute Gasteiger partial charge is 0.416 e. The molecule has 0 aliphatic carbocycles. The van der Waals surface area contributed by atoms with E-state index >= 15 is 0 Å². The minimum atomic E-state index is -4.41. The summed E-state index contributed by atoms with van der Waals surface area (Å²) in [6.07, 6.45) is -2.70. The van der Waals surface area contributed by atoms with Crippen molar-refractivity contribution < 1.29 is 18.0 Å². The fourth-order valence-electron chi connectivity index (χ4n) is 2.84. The van der Waals surface area contributed by atoms with Gasteiger partial charge >= 0.3 is 6.18 Å². The van der Waals surface area contributed by atoms with Gasteiger partial charge < -0.3 is 15.1 Å². The van der Waals surface area contributed by atoms with Gasteiger partial charge in [0.05, 0.1) is 5.56 Å². The molecule has 8 heteroatoms. The first kappa shape index (κ1) is 19.2. The van der Waals surface area contributed by atoms with Gasteiger partial charge in [0.15, 0.2) is 0 Å².